The van der Waals surface area contributed by atoms with Gasteiger partial charge in [-0.15, -0.1) is 0 Å². The topological polar surface area (TPSA) is 179 Å². The summed E-state index contributed by atoms with van der Waals surface area (Å²) >= 11 is 24.6. The molecule has 0 bridgehead atoms. The van der Waals surface area contributed by atoms with Crippen molar-refractivity contribution in [2.45, 2.75) is 19.3 Å². The smallest absolute Gasteiger partial charge is 0.337 e. The van der Waals surface area contributed by atoms with Crippen molar-refractivity contribution in [3.05, 3.63) is 186 Å². The third kappa shape index (κ3) is 18.9. The molecule has 2 saturated heterocycles. The highest BCUT2D eigenvalue weighted by molar-refractivity contribution is 6.35. The first kappa shape index (κ1) is 64.3. The molecule has 0 unspecified atom stereocenters. The molecule has 84 heavy (non-hydrogen) atoms. The van der Waals surface area contributed by atoms with Gasteiger partial charge in [0.15, 0.2) is 0 Å². The number of hydrogen-bond acceptors (Lipinski definition) is 12. The molecule has 0 saturated carbocycles. The summed E-state index contributed by atoms with van der Waals surface area (Å²) in [5.41, 5.74) is 6.49. The maximum Gasteiger partial charge on any atom is 0.337 e. The molecule has 2 fully saturated rings. The Morgan fingerprint density at radius 1 is 0.488 bits per heavy atom. The number of esters is 1. The molecular formula is C63H72Cl4N10O7. The van der Waals surface area contributed by atoms with Gasteiger partial charge in [-0.2, -0.15) is 0 Å². The summed E-state index contributed by atoms with van der Waals surface area (Å²) < 4.78 is 4.74. The minimum absolute atomic E-state index is 0.110. The average molecular weight is 1220 g/mol. The number of amides is 5. The maximum atomic E-state index is 13.3. The Morgan fingerprint density at radius 3 is 1.52 bits per heavy atom. The van der Waals surface area contributed by atoms with Crippen LogP contribution < -0.4 is 31.1 Å². The number of hydrogen-bond donors (Lipinski definition) is 4. The summed E-state index contributed by atoms with van der Waals surface area (Å²) in [5.74, 6) is -1.58. The van der Waals surface area contributed by atoms with Gasteiger partial charge in [0.25, 0.3) is 23.6 Å². The van der Waals surface area contributed by atoms with Crippen molar-refractivity contribution >= 4 is 105 Å². The first-order valence-corrected chi connectivity index (χ1v) is 29.2. The van der Waals surface area contributed by atoms with Crippen LogP contribution in [0.4, 0.5) is 22.7 Å². The normalized spacial score (nSPS) is 13.4. The zero-order valence-corrected chi connectivity index (χ0v) is 51.0. The molecule has 5 amide bonds. The van der Waals surface area contributed by atoms with E-state index in [1.54, 1.807) is 54.6 Å². The van der Waals surface area contributed by atoms with Gasteiger partial charge in [-0.3, -0.25) is 28.9 Å². The summed E-state index contributed by atoms with van der Waals surface area (Å²) in [6.45, 7) is 9.26. The van der Waals surface area contributed by atoms with Gasteiger partial charge in [0, 0.05) is 134 Å². The second-order valence-corrected chi connectivity index (χ2v) is 22.5. The van der Waals surface area contributed by atoms with E-state index in [9.17, 15) is 28.8 Å². The second kappa shape index (κ2) is 31.6. The van der Waals surface area contributed by atoms with E-state index < -0.39 is 11.9 Å². The second-order valence-electron chi connectivity index (χ2n) is 20.8. The summed E-state index contributed by atoms with van der Waals surface area (Å²) in [5, 5.41) is 14.1. The van der Waals surface area contributed by atoms with Gasteiger partial charge >= 0.3 is 5.97 Å². The maximum absolute atomic E-state index is 13.3. The van der Waals surface area contributed by atoms with Gasteiger partial charge in [0.1, 0.15) is 0 Å². The van der Waals surface area contributed by atoms with Gasteiger partial charge in [-0.05, 0) is 149 Å². The van der Waals surface area contributed by atoms with Crippen molar-refractivity contribution in [3.8, 4) is 0 Å². The van der Waals surface area contributed by atoms with E-state index >= 15 is 0 Å². The zero-order valence-electron chi connectivity index (χ0n) is 48.0. The average Bonchev–Trinajstić information content (AvgIpc) is 2.69. The lowest BCUT2D eigenvalue weighted by molar-refractivity contribution is -0.131. The number of nitrogens with zero attached hydrogens (tertiary/aromatic N) is 6. The summed E-state index contributed by atoms with van der Waals surface area (Å²) in [6, 6.07) is 36.4. The Labute approximate surface area is 512 Å². The Morgan fingerprint density at radius 2 is 0.988 bits per heavy atom. The third-order valence-electron chi connectivity index (χ3n) is 14.3. The van der Waals surface area contributed by atoms with E-state index in [0.717, 1.165) is 61.8 Å². The van der Waals surface area contributed by atoms with Crippen LogP contribution in [0.5, 0.6) is 0 Å². The standard InChI is InChI=1S/C33H37Cl2N5O5.C30H35Cl2N5O2/c1-38(2)15-13-30(41)40-18-16-39(17-19-40)29-11-9-25(31(42)36-14-12-22-8-10-26(34)21-27(22)35)20-28(29)37-32(43)23-4-6-24(7-5-23)33(44)45-3;1-35(2)14-15-36-16-18-37(19-17-36)28-11-10-24(29(38)33-13-12-22-6-3-4-9-26(22)32)21-27(28)34-30(39)23-7-5-8-25(31)20-23/h4-11,20-21H,12-19H2,1-3H3,(H,36,42)(H,37,43);3-11,20-21H,12-19H2,1-2H3,(H,33,38)(H,34,39). The lowest BCUT2D eigenvalue weighted by Crippen LogP contribution is -2.49. The van der Waals surface area contributed by atoms with Crippen LogP contribution in [0, 0.1) is 0 Å². The number of nitrogens with one attached hydrogen (secondary N) is 4. The molecule has 17 nitrogen and oxygen atoms in total. The molecule has 0 atom stereocenters. The SMILES string of the molecule is CN(C)CCN1CCN(c2ccc(C(=O)NCCc3ccccc3Cl)cc2NC(=O)c2cccc(Cl)c2)CC1.COC(=O)c1ccc(C(=O)Nc2cc(C(=O)NCCc3ccc(Cl)cc3Cl)ccc2N2CCN(C(=O)CCN(C)C)CC2)cc1. The fourth-order valence-corrected chi connectivity index (χ4v) is 10.4. The molecule has 6 aromatic carbocycles. The lowest BCUT2D eigenvalue weighted by atomic mass is 10.1. The Balaban J connectivity index is 0.000000243. The fourth-order valence-electron chi connectivity index (χ4n) is 9.48. The van der Waals surface area contributed by atoms with Crippen molar-refractivity contribution in [2.24, 2.45) is 0 Å². The predicted molar refractivity (Wildman–Crippen MR) is 337 cm³/mol. The molecule has 4 N–H and O–H groups in total. The van der Waals surface area contributed by atoms with E-state index in [0.29, 0.717) is 124 Å². The van der Waals surface area contributed by atoms with Crippen LogP contribution in [0.1, 0.15) is 69.3 Å². The van der Waals surface area contributed by atoms with Crippen molar-refractivity contribution in [1.29, 1.82) is 0 Å². The molecule has 0 spiro atoms. The van der Waals surface area contributed by atoms with Crippen LogP contribution in [0.15, 0.2) is 127 Å². The van der Waals surface area contributed by atoms with Crippen LogP contribution in [0.3, 0.4) is 0 Å². The van der Waals surface area contributed by atoms with E-state index in [-0.39, 0.29) is 23.6 Å². The first-order valence-electron chi connectivity index (χ1n) is 27.7. The van der Waals surface area contributed by atoms with Crippen LogP contribution in [-0.2, 0) is 22.4 Å². The number of piperazine rings is 2. The highest BCUT2D eigenvalue weighted by Gasteiger charge is 2.26. The Hall–Kier alpha value is -7.22. The quantitative estimate of drug-likeness (QED) is 0.0503. The van der Waals surface area contributed by atoms with Gasteiger partial charge < -0.3 is 50.5 Å². The summed E-state index contributed by atoms with van der Waals surface area (Å²) in [6.07, 6.45) is 1.60. The number of carbonyl (C=O) groups excluding carboxylic acids is 6. The van der Waals surface area contributed by atoms with Gasteiger partial charge in [-0.1, -0.05) is 76.7 Å². The lowest BCUT2D eigenvalue weighted by Gasteiger charge is -2.37. The van der Waals surface area contributed by atoms with Crippen molar-refractivity contribution in [3.63, 3.8) is 0 Å². The van der Waals surface area contributed by atoms with Crippen molar-refractivity contribution in [2.75, 3.05) is 141 Å². The third-order valence-corrected chi connectivity index (χ3v) is 15.5. The molecule has 8 rings (SSSR count). The van der Waals surface area contributed by atoms with Crippen LogP contribution in [-0.4, -0.2) is 175 Å². The largest absolute Gasteiger partial charge is 0.465 e. The highest BCUT2D eigenvalue weighted by Crippen LogP contribution is 2.32. The van der Waals surface area contributed by atoms with E-state index in [1.165, 1.54) is 31.4 Å². The van der Waals surface area contributed by atoms with Crippen LogP contribution in [0.2, 0.25) is 20.1 Å². The molecule has 2 heterocycles. The molecule has 0 aliphatic carbocycles. The number of rotatable bonds is 21. The van der Waals surface area contributed by atoms with Gasteiger partial charge in [0.05, 0.1) is 35.4 Å². The molecular weight excluding hydrogens is 1150 g/mol. The van der Waals surface area contributed by atoms with Crippen LogP contribution >= 0.6 is 46.4 Å². The Kier molecular flexibility index (Phi) is 24.2. The summed E-state index contributed by atoms with van der Waals surface area (Å²) in [7, 11) is 9.33. The van der Waals surface area contributed by atoms with Crippen LogP contribution in [0.25, 0.3) is 0 Å². The number of methoxy groups -OCH3 is 1. The predicted octanol–water partition coefficient (Wildman–Crippen LogP) is 9.51. The highest BCUT2D eigenvalue weighted by atomic mass is 35.5. The Bertz CT molecular complexity index is 3260. The molecule has 6 aromatic rings. The fraction of sp³-hybridized carbons (Fsp3) is 0.333. The minimum Gasteiger partial charge on any atom is -0.465 e. The number of halogens is 4. The zero-order chi connectivity index (χ0) is 60.3. The molecule has 0 aromatic heterocycles. The van der Waals surface area contributed by atoms with E-state index in [2.05, 4.69) is 55.0 Å². The number of anilines is 4. The molecule has 2 aliphatic heterocycles. The first-order chi connectivity index (χ1) is 40.3. The van der Waals surface area contributed by atoms with Crippen molar-refractivity contribution in [1.82, 2.24) is 30.2 Å². The van der Waals surface area contributed by atoms with Gasteiger partial charge in [0.2, 0.25) is 5.91 Å². The monoisotopic (exact) mass is 1220 g/mol. The molecule has 0 radical (unpaired) electrons. The van der Waals surface area contributed by atoms with Gasteiger partial charge in [-0.25, -0.2) is 4.79 Å². The summed E-state index contributed by atoms with van der Waals surface area (Å²) in [4.78, 5) is 89.9. The van der Waals surface area contributed by atoms with E-state index in [1.807, 2.05) is 72.4 Å². The minimum atomic E-state index is -0.499. The van der Waals surface area contributed by atoms with Crippen molar-refractivity contribution < 1.29 is 33.5 Å². The molecule has 21 heteroatoms. The number of benzene rings is 6. The molecule has 2 aliphatic rings. The number of carbonyl (C=O) groups is 6. The molecule has 444 valence electrons. The number of likely N-dealkylation sites (N-methyl/N-ethyl adjacent to an activating group) is 1. The van der Waals surface area contributed by atoms with E-state index in [4.69, 9.17) is 51.1 Å². The number of ether oxygens (including phenoxy) is 1.